The fourth-order valence-corrected chi connectivity index (χ4v) is 1.33. The van der Waals surface area contributed by atoms with Crippen LogP contribution in [0.1, 0.15) is 12.8 Å². The van der Waals surface area contributed by atoms with Gasteiger partial charge in [0.05, 0.1) is 0 Å². The van der Waals surface area contributed by atoms with Crippen LogP contribution in [0.5, 0.6) is 0 Å². The summed E-state index contributed by atoms with van der Waals surface area (Å²) in [6.45, 7) is 0. The molecular weight excluding hydrogens is 218 g/mol. The standard InChI is InChI=1S/C6H8FI/c7-5-3-1-2-4-6(5)8/h1-2,5-6H,3-4H2/t5-,6-/m1/s1. The second-order valence-corrected chi connectivity index (χ2v) is 3.57. The maximum Gasteiger partial charge on any atom is 0.116 e. The normalized spacial score (nSPS) is 37.8. The summed E-state index contributed by atoms with van der Waals surface area (Å²) in [7, 11) is 0. The van der Waals surface area contributed by atoms with Crippen LogP contribution in [0, 0.1) is 0 Å². The van der Waals surface area contributed by atoms with Gasteiger partial charge in [0.15, 0.2) is 0 Å². The van der Waals surface area contributed by atoms with Gasteiger partial charge in [0.2, 0.25) is 0 Å². The van der Waals surface area contributed by atoms with Crippen molar-refractivity contribution in [2.45, 2.75) is 22.9 Å². The van der Waals surface area contributed by atoms with Crippen molar-refractivity contribution in [2.75, 3.05) is 0 Å². The molecule has 0 heterocycles. The van der Waals surface area contributed by atoms with Crippen LogP contribution in [0.2, 0.25) is 0 Å². The van der Waals surface area contributed by atoms with Crippen molar-refractivity contribution in [1.29, 1.82) is 0 Å². The lowest BCUT2D eigenvalue weighted by Crippen LogP contribution is -2.16. The molecule has 0 unspecified atom stereocenters. The molecule has 0 amide bonds. The number of hydrogen-bond donors (Lipinski definition) is 0. The first kappa shape index (κ1) is 6.52. The molecule has 0 nitrogen and oxygen atoms in total. The first-order chi connectivity index (χ1) is 3.80. The number of hydrogen-bond acceptors (Lipinski definition) is 0. The van der Waals surface area contributed by atoms with Crippen LogP contribution in [0.25, 0.3) is 0 Å². The molecule has 0 saturated carbocycles. The van der Waals surface area contributed by atoms with E-state index < -0.39 is 6.17 Å². The molecule has 1 rings (SSSR count). The Balaban J connectivity index is 2.44. The minimum atomic E-state index is -0.597. The highest BCUT2D eigenvalue weighted by molar-refractivity contribution is 14.1. The third-order valence-electron chi connectivity index (χ3n) is 1.28. The smallest absolute Gasteiger partial charge is 0.116 e. The van der Waals surface area contributed by atoms with Crippen LogP contribution in [-0.4, -0.2) is 10.1 Å². The summed E-state index contributed by atoms with van der Waals surface area (Å²) in [5, 5.41) is 0. The lowest BCUT2D eigenvalue weighted by molar-refractivity contribution is 0.327. The van der Waals surface area contributed by atoms with Gasteiger partial charge in [-0.3, -0.25) is 0 Å². The molecule has 0 fully saturated rings. The highest BCUT2D eigenvalue weighted by atomic mass is 127. The van der Waals surface area contributed by atoms with Crippen molar-refractivity contribution in [3.8, 4) is 0 Å². The minimum absolute atomic E-state index is 0.220. The fourth-order valence-electron chi connectivity index (χ4n) is 0.748. The van der Waals surface area contributed by atoms with E-state index in [1.807, 2.05) is 12.2 Å². The van der Waals surface area contributed by atoms with Crippen molar-refractivity contribution in [3.05, 3.63) is 12.2 Å². The Kier molecular flexibility index (Phi) is 2.28. The summed E-state index contributed by atoms with van der Waals surface area (Å²) in [5.41, 5.74) is 0. The highest BCUT2D eigenvalue weighted by Crippen LogP contribution is 2.22. The third-order valence-corrected chi connectivity index (χ3v) is 2.57. The molecule has 0 aliphatic heterocycles. The zero-order chi connectivity index (χ0) is 5.98. The van der Waals surface area contributed by atoms with Gasteiger partial charge in [0, 0.05) is 3.92 Å². The second-order valence-electron chi connectivity index (χ2n) is 1.97. The van der Waals surface area contributed by atoms with E-state index >= 15 is 0 Å². The minimum Gasteiger partial charge on any atom is -0.246 e. The van der Waals surface area contributed by atoms with Gasteiger partial charge in [-0.25, -0.2) is 4.39 Å². The van der Waals surface area contributed by atoms with Crippen LogP contribution in [0.15, 0.2) is 12.2 Å². The molecule has 0 aromatic heterocycles. The van der Waals surface area contributed by atoms with Gasteiger partial charge in [-0.2, -0.15) is 0 Å². The van der Waals surface area contributed by atoms with E-state index in [2.05, 4.69) is 22.6 Å². The van der Waals surface area contributed by atoms with Crippen molar-refractivity contribution >= 4 is 22.6 Å². The highest BCUT2D eigenvalue weighted by Gasteiger charge is 2.17. The van der Waals surface area contributed by atoms with Crippen molar-refractivity contribution in [2.24, 2.45) is 0 Å². The maximum atomic E-state index is 12.5. The second kappa shape index (κ2) is 2.80. The van der Waals surface area contributed by atoms with Crippen LogP contribution in [0.3, 0.4) is 0 Å². The third kappa shape index (κ3) is 1.44. The maximum absolute atomic E-state index is 12.5. The quantitative estimate of drug-likeness (QED) is 0.338. The van der Waals surface area contributed by atoms with E-state index in [9.17, 15) is 4.39 Å². The zero-order valence-corrected chi connectivity index (χ0v) is 6.64. The first-order valence-corrected chi connectivity index (χ1v) is 3.98. The molecule has 0 spiro atoms. The Morgan fingerprint density at radius 1 is 1.38 bits per heavy atom. The van der Waals surface area contributed by atoms with Crippen molar-refractivity contribution in [1.82, 2.24) is 0 Å². The summed E-state index contributed by atoms with van der Waals surface area (Å²) in [5.74, 6) is 0. The molecule has 0 bridgehead atoms. The SMILES string of the molecule is F[C@@H]1CC=CC[C@H]1I. The lowest BCUT2D eigenvalue weighted by Gasteiger charge is -2.14. The average molecular weight is 226 g/mol. The molecular formula is C6H8FI. The molecule has 0 aromatic rings. The van der Waals surface area contributed by atoms with Crippen LogP contribution in [0.4, 0.5) is 4.39 Å². The molecule has 2 atom stereocenters. The molecule has 0 aromatic carbocycles. The summed E-state index contributed by atoms with van der Waals surface area (Å²) in [6, 6.07) is 0. The number of rotatable bonds is 0. The zero-order valence-electron chi connectivity index (χ0n) is 4.48. The van der Waals surface area contributed by atoms with Gasteiger partial charge in [-0.15, -0.1) is 0 Å². The monoisotopic (exact) mass is 226 g/mol. The molecule has 8 heavy (non-hydrogen) atoms. The van der Waals surface area contributed by atoms with E-state index in [0.717, 1.165) is 6.42 Å². The van der Waals surface area contributed by atoms with E-state index in [1.165, 1.54) is 0 Å². The van der Waals surface area contributed by atoms with Gasteiger partial charge in [-0.1, -0.05) is 34.7 Å². The van der Waals surface area contributed by atoms with Crippen molar-refractivity contribution < 1.29 is 4.39 Å². The van der Waals surface area contributed by atoms with Crippen molar-refractivity contribution in [3.63, 3.8) is 0 Å². The van der Waals surface area contributed by atoms with Gasteiger partial charge in [0.25, 0.3) is 0 Å². The fraction of sp³-hybridized carbons (Fsp3) is 0.667. The van der Waals surface area contributed by atoms with E-state index in [0.29, 0.717) is 6.42 Å². The van der Waals surface area contributed by atoms with Gasteiger partial charge < -0.3 is 0 Å². The topological polar surface area (TPSA) is 0 Å². The number of allylic oxidation sites excluding steroid dienone is 2. The Labute approximate surface area is 62.3 Å². The lowest BCUT2D eigenvalue weighted by atomic mass is 10.1. The van der Waals surface area contributed by atoms with Crippen LogP contribution in [-0.2, 0) is 0 Å². The molecule has 46 valence electrons. The van der Waals surface area contributed by atoms with E-state index in [-0.39, 0.29) is 3.92 Å². The predicted octanol–water partition coefficient (Wildman–Crippen LogP) is 2.48. The number of alkyl halides is 2. The molecule has 0 N–H and O–H groups in total. The Bertz CT molecular complexity index is 88.7. The average Bonchev–Trinajstić information content (AvgIpc) is 1.77. The number of halogens is 2. The van der Waals surface area contributed by atoms with E-state index in [4.69, 9.17) is 0 Å². The van der Waals surface area contributed by atoms with Crippen LogP contribution < -0.4 is 0 Å². The molecule has 2 heteroatoms. The Hall–Kier alpha value is 0.400. The molecule has 1 aliphatic carbocycles. The van der Waals surface area contributed by atoms with E-state index in [1.54, 1.807) is 0 Å². The summed E-state index contributed by atoms with van der Waals surface area (Å²) >= 11 is 2.16. The predicted molar refractivity (Wildman–Crippen MR) is 41.1 cm³/mol. The molecule has 1 aliphatic rings. The molecule has 0 saturated heterocycles. The summed E-state index contributed by atoms with van der Waals surface area (Å²) < 4.78 is 12.7. The summed E-state index contributed by atoms with van der Waals surface area (Å²) in [6.07, 6.45) is 4.89. The largest absolute Gasteiger partial charge is 0.246 e. The first-order valence-electron chi connectivity index (χ1n) is 2.74. The van der Waals surface area contributed by atoms with Gasteiger partial charge >= 0.3 is 0 Å². The Morgan fingerprint density at radius 3 is 2.38 bits per heavy atom. The van der Waals surface area contributed by atoms with Crippen LogP contribution >= 0.6 is 22.6 Å². The summed E-state index contributed by atoms with van der Waals surface area (Å²) in [4.78, 5) is 0. The van der Waals surface area contributed by atoms with Gasteiger partial charge in [0.1, 0.15) is 6.17 Å². The van der Waals surface area contributed by atoms with Gasteiger partial charge in [-0.05, 0) is 12.8 Å². The Morgan fingerprint density at radius 2 is 2.00 bits per heavy atom. The molecule has 0 radical (unpaired) electrons.